The smallest absolute Gasteiger partial charge is 0.277 e. The van der Waals surface area contributed by atoms with Crippen LogP contribution in [0.3, 0.4) is 0 Å². The molecule has 1 fully saturated rings. The van der Waals surface area contributed by atoms with Crippen molar-refractivity contribution in [1.29, 1.82) is 0 Å². The van der Waals surface area contributed by atoms with E-state index >= 15 is 0 Å². The minimum atomic E-state index is -1.06. The van der Waals surface area contributed by atoms with Gasteiger partial charge in [0.1, 0.15) is 11.2 Å². The SMILES string of the molecule is Cc1ccccc1N1C(=O)c2cc(C(C)C)nn2C[C@@]1(C)C(=O)NC1CCCCCCC1. The van der Waals surface area contributed by atoms with Crippen molar-refractivity contribution >= 4 is 17.5 Å². The Kier molecular flexibility index (Phi) is 6.40. The second kappa shape index (κ2) is 9.08. The maximum absolute atomic E-state index is 13.8. The number of carbonyl (C=O) groups is 2. The number of carbonyl (C=O) groups excluding carboxylic acids is 2. The van der Waals surface area contributed by atoms with Crippen LogP contribution in [-0.2, 0) is 11.3 Å². The van der Waals surface area contributed by atoms with Crippen LogP contribution in [0.25, 0.3) is 0 Å². The molecule has 172 valence electrons. The summed E-state index contributed by atoms with van der Waals surface area (Å²) in [4.78, 5) is 29.3. The van der Waals surface area contributed by atoms with Crippen LogP contribution in [0.15, 0.2) is 30.3 Å². The number of fused-ring (bicyclic) bond motifs is 1. The molecule has 0 radical (unpaired) electrons. The zero-order valence-electron chi connectivity index (χ0n) is 19.9. The zero-order valence-corrected chi connectivity index (χ0v) is 19.9. The number of hydrogen-bond acceptors (Lipinski definition) is 3. The van der Waals surface area contributed by atoms with Crippen LogP contribution < -0.4 is 10.2 Å². The molecule has 2 amide bonds. The number of aryl methyl sites for hydroxylation is 1. The number of aromatic nitrogens is 2. The molecule has 2 heterocycles. The lowest BCUT2D eigenvalue weighted by molar-refractivity contribution is -0.127. The van der Waals surface area contributed by atoms with Crippen LogP contribution in [0.2, 0.25) is 0 Å². The van der Waals surface area contributed by atoms with Gasteiger partial charge in [-0.05, 0) is 50.3 Å². The summed E-state index contributed by atoms with van der Waals surface area (Å²) in [6.07, 6.45) is 8.04. The second-order valence-corrected chi connectivity index (χ2v) is 9.98. The molecule has 1 aliphatic heterocycles. The Morgan fingerprint density at radius 2 is 1.78 bits per heavy atom. The summed E-state index contributed by atoms with van der Waals surface area (Å²) >= 11 is 0. The summed E-state index contributed by atoms with van der Waals surface area (Å²) in [6, 6.07) is 9.85. The molecule has 2 aromatic rings. The number of hydrogen-bond donors (Lipinski definition) is 1. The molecule has 1 atom stereocenters. The molecule has 6 heteroatoms. The van der Waals surface area contributed by atoms with Crippen molar-refractivity contribution in [2.75, 3.05) is 4.90 Å². The van der Waals surface area contributed by atoms with E-state index in [0.717, 1.165) is 42.6 Å². The standard InChI is InChI=1S/C26H36N4O2/c1-18(2)21-16-23-24(31)30(22-15-11-10-12-19(22)3)26(4,17-29(23)28-21)25(32)27-20-13-8-6-5-7-9-14-20/h10-12,15-16,18,20H,5-9,13-14,17H2,1-4H3,(H,27,32)/t26-/m0/s1. The Morgan fingerprint density at radius 3 is 2.44 bits per heavy atom. The third-order valence-electron chi connectivity index (χ3n) is 7.05. The van der Waals surface area contributed by atoms with Gasteiger partial charge >= 0.3 is 0 Å². The maximum Gasteiger partial charge on any atom is 0.277 e. The van der Waals surface area contributed by atoms with Crippen LogP contribution in [-0.4, -0.2) is 33.2 Å². The number of benzene rings is 1. The van der Waals surface area contributed by atoms with Crippen LogP contribution in [0.5, 0.6) is 0 Å². The Bertz CT molecular complexity index is 987. The van der Waals surface area contributed by atoms with E-state index in [1.807, 2.05) is 44.2 Å². The first-order valence-electron chi connectivity index (χ1n) is 12.1. The van der Waals surface area contributed by atoms with Crippen molar-refractivity contribution in [1.82, 2.24) is 15.1 Å². The summed E-state index contributed by atoms with van der Waals surface area (Å²) in [5.41, 5.74) is 2.13. The fraction of sp³-hybridized carbons (Fsp3) is 0.577. The molecule has 1 aromatic heterocycles. The molecule has 0 spiro atoms. The van der Waals surface area contributed by atoms with E-state index in [9.17, 15) is 9.59 Å². The predicted molar refractivity (Wildman–Crippen MR) is 127 cm³/mol. The summed E-state index contributed by atoms with van der Waals surface area (Å²) in [6.45, 7) is 8.35. The quantitative estimate of drug-likeness (QED) is 0.736. The summed E-state index contributed by atoms with van der Waals surface area (Å²) in [5, 5.41) is 8.02. The lowest BCUT2D eigenvalue weighted by atomic mass is 9.91. The minimum Gasteiger partial charge on any atom is -0.351 e. The van der Waals surface area contributed by atoms with Crippen molar-refractivity contribution < 1.29 is 9.59 Å². The maximum atomic E-state index is 13.8. The summed E-state index contributed by atoms with van der Waals surface area (Å²) < 4.78 is 1.74. The average Bonchev–Trinajstić information content (AvgIpc) is 3.15. The van der Waals surface area contributed by atoms with Gasteiger partial charge in [0.15, 0.2) is 0 Å². The second-order valence-electron chi connectivity index (χ2n) is 9.98. The Morgan fingerprint density at radius 1 is 1.12 bits per heavy atom. The summed E-state index contributed by atoms with van der Waals surface area (Å²) in [7, 11) is 0. The highest BCUT2D eigenvalue weighted by Gasteiger charge is 2.49. The van der Waals surface area contributed by atoms with Gasteiger partial charge in [-0.1, -0.05) is 64.2 Å². The zero-order chi connectivity index (χ0) is 22.9. The third-order valence-corrected chi connectivity index (χ3v) is 7.05. The normalized spacial score (nSPS) is 22.4. The number of rotatable bonds is 4. The molecule has 0 bridgehead atoms. The monoisotopic (exact) mass is 436 g/mol. The van der Waals surface area contributed by atoms with E-state index in [4.69, 9.17) is 5.10 Å². The molecule has 1 aromatic carbocycles. The van der Waals surface area contributed by atoms with E-state index in [1.54, 1.807) is 9.58 Å². The first-order valence-corrected chi connectivity index (χ1v) is 12.1. The minimum absolute atomic E-state index is 0.0908. The molecular formula is C26H36N4O2. The summed E-state index contributed by atoms with van der Waals surface area (Å²) in [5.74, 6) is -0.0463. The molecule has 1 N–H and O–H groups in total. The first kappa shape index (κ1) is 22.6. The van der Waals surface area contributed by atoms with E-state index in [0.29, 0.717) is 12.2 Å². The fourth-order valence-corrected chi connectivity index (χ4v) is 5.02. The van der Waals surface area contributed by atoms with E-state index in [2.05, 4.69) is 19.2 Å². The van der Waals surface area contributed by atoms with Gasteiger partial charge in [-0.3, -0.25) is 19.2 Å². The van der Waals surface area contributed by atoms with Crippen LogP contribution >= 0.6 is 0 Å². The molecule has 32 heavy (non-hydrogen) atoms. The van der Waals surface area contributed by atoms with Crippen molar-refractivity contribution in [3.63, 3.8) is 0 Å². The largest absolute Gasteiger partial charge is 0.351 e. The molecule has 4 rings (SSSR count). The average molecular weight is 437 g/mol. The van der Waals surface area contributed by atoms with E-state index in [-0.39, 0.29) is 23.8 Å². The van der Waals surface area contributed by atoms with Gasteiger partial charge in [0.05, 0.1) is 12.2 Å². The van der Waals surface area contributed by atoms with Gasteiger partial charge in [0.25, 0.3) is 5.91 Å². The molecular weight excluding hydrogens is 400 g/mol. The number of para-hydroxylation sites is 1. The molecule has 0 saturated heterocycles. The lowest BCUT2D eigenvalue weighted by Gasteiger charge is -2.44. The van der Waals surface area contributed by atoms with Crippen molar-refractivity contribution in [3.8, 4) is 0 Å². The van der Waals surface area contributed by atoms with Crippen LogP contribution in [0.1, 0.15) is 93.4 Å². The molecule has 1 aliphatic carbocycles. The van der Waals surface area contributed by atoms with Gasteiger partial charge in [-0.15, -0.1) is 0 Å². The number of nitrogens with zero attached hydrogens (tertiary/aromatic N) is 3. The Balaban J connectivity index is 1.72. The van der Waals surface area contributed by atoms with Gasteiger partial charge < -0.3 is 5.32 Å². The van der Waals surface area contributed by atoms with Gasteiger partial charge in [0, 0.05) is 11.7 Å². The number of amides is 2. The fourth-order valence-electron chi connectivity index (χ4n) is 5.02. The molecule has 0 unspecified atom stereocenters. The van der Waals surface area contributed by atoms with E-state index in [1.165, 1.54) is 19.3 Å². The Labute approximate surface area is 191 Å². The van der Waals surface area contributed by atoms with Crippen LogP contribution in [0.4, 0.5) is 5.69 Å². The van der Waals surface area contributed by atoms with Gasteiger partial charge in [-0.25, -0.2) is 0 Å². The highest BCUT2D eigenvalue weighted by atomic mass is 16.2. The van der Waals surface area contributed by atoms with E-state index < -0.39 is 5.54 Å². The van der Waals surface area contributed by atoms with Crippen molar-refractivity contribution in [2.24, 2.45) is 0 Å². The highest BCUT2D eigenvalue weighted by molar-refractivity contribution is 6.12. The van der Waals surface area contributed by atoms with Crippen molar-refractivity contribution in [3.05, 3.63) is 47.3 Å². The molecule has 1 saturated carbocycles. The van der Waals surface area contributed by atoms with Crippen LogP contribution in [0, 0.1) is 6.92 Å². The Hall–Kier alpha value is -2.63. The molecule has 2 aliphatic rings. The molecule has 6 nitrogen and oxygen atoms in total. The van der Waals surface area contributed by atoms with Crippen molar-refractivity contribution in [2.45, 2.75) is 96.7 Å². The lowest BCUT2D eigenvalue weighted by Crippen LogP contribution is -2.65. The predicted octanol–water partition coefficient (Wildman–Crippen LogP) is 4.96. The number of anilines is 1. The topological polar surface area (TPSA) is 67.2 Å². The third kappa shape index (κ3) is 4.19. The highest BCUT2D eigenvalue weighted by Crippen LogP contribution is 2.35. The van der Waals surface area contributed by atoms with Gasteiger partial charge in [0.2, 0.25) is 5.91 Å². The van der Waals surface area contributed by atoms with Gasteiger partial charge in [-0.2, -0.15) is 5.10 Å². The first-order chi connectivity index (χ1) is 15.3. The number of nitrogens with one attached hydrogen (secondary N) is 1.